The van der Waals surface area contributed by atoms with Gasteiger partial charge in [0, 0.05) is 18.5 Å². The van der Waals surface area contributed by atoms with Gasteiger partial charge >= 0.3 is 0 Å². The maximum atomic E-state index is 12.6. The van der Waals surface area contributed by atoms with Crippen molar-refractivity contribution in [3.05, 3.63) is 34.9 Å². The van der Waals surface area contributed by atoms with Crippen LogP contribution in [-0.4, -0.2) is 28.5 Å². The summed E-state index contributed by atoms with van der Waals surface area (Å²) >= 11 is 0. The Labute approximate surface area is 136 Å². The molecular formula is C18H24N2O3. The van der Waals surface area contributed by atoms with Gasteiger partial charge < -0.3 is 15.4 Å². The number of nitrogens with zero attached hydrogens (tertiary/aromatic N) is 1. The van der Waals surface area contributed by atoms with Crippen molar-refractivity contribution in [3.63, 3.8) is 0 Å². The van der Waals surface area contributed by atoms with Crippen molar-refractivity contribution >= 4 is 17.6 Å². The summed E-state index contributed by atoms with van der Waals surface area (Å²) in [5, 5.41) is 0. The highest BCUT2D eigenvalue weighted by atomic mass is 16.2. The van der Waals surface area contributed by atoms with Gasteiger partial charge in [-0.05, 0) is 42.9 Å². The summed E-state index contributed by atoms with van der Waals surface area (Å²) in [6, 6.07) is 5.13. The monoisotopic (exact) mass is 316 g/mol. The molecule has 23 heavy (non-hydrogen) atoms. The number of Topliss-reactive ketones (excluding diaryl/α,β-unsaturated/α-hetero) is 1. The van der Waals surface area contributed by atoms with E-state index in [1.54, 1.807) is 0 Å². The Bertz CT molecular complexity index is 639. The maximum absolute atomic E-state index is 12.6. The topological polar surface area (TPSA) is 80.5 Å². The van der Waals surface area contributed by atoms with Gasteiger partial charge in [-0.25, -0.2) is 0 Å². The maximum Gasteiger partial charge on any atom is 0.255 e. The predicted octanol–water partition coefficient (Wildman–Crippen LogP) is 2.38. The minimum Gasteiger partial charge on any atom is -0.368 e. The van der Waals surface area contributed by atoms with E-state index < -0.39 is 11.9 Å². The molecule has 2 unspecified atom stereocenters. The van der Waals surface area contributed by atoms with Crippen LogP contribution in [0.25, 0.3) is 0 Å². The van der Waals surface area contributed by atoms with Crippen LogP contribution in [0.1, 0.15) is 67.4 Å². The third-order valence-corrected chi connectivity index (χ3v) is 4.62. The smallest absolute Gasteiger partial charge is 0.255 e. The minimum atomic E-state index is -0.731. The average Bonchev–Trinajstić information content (AvgIpc) is 2.82. The molecule has 5 heteroatoms. The van der Waals surface area contributed by atoms with Crippen molar-refractivity contribution in [1.29, 1.82) is 0 Å². The molecule has 2 atom stereocenters. The van der Waals surface area contributed by atoms with Gasteiger partial charge in [0.1, 0.15) is 11.8 Å². The molecule has 2 N–H and O–H groups in total. The van der Waals surface area contributed by atoms with Gasteiger partial charge in [-0.15, -0.1) is 0 Å². The summed E-state index contributed by atoms with van der Waals surface area (Å²) in [5.41, 5.74) is 8.21. The molecule has 2 rings (SSSR count). The number of benzene rings is 1. The highest BCUT2D eigenvalue weighted by molar-refractivity contribution is 6.01. The molecule has 0 fully saturated rings. The fourth-order valence-corrected chi connectivity index (χ4v) is 2.95. The lowest BCUT2D eigenvalue weighted by Crippen LogP contribution is -2.45. The number of hydrogen-bond donors (Lipinski definition) is 1. The number of fused-ring (bicyclic) bond motifs is 1. The summed E-state index contributed by atoms with van der Waals surface area (Å²) in [6.07, 6.45) is 1.55. The first-order valence-electron chi connectivity index (χ1n) is 8.07. The van der Waals surface area contributed by atoms with E-state index in [4.69, 9.17) is 5.73 Å². The van der Waals surface area contributed by atoms with Crippen molar-refractivity contribution in [2.75, 3.05) is 0 Å². The van der Waals surface area contributed by atoms with E-state index in [1.165, 1.54) is 17.4 Å². The lowest BCUT2D eigenvalue weighted by atomic mass is 9.95. The number of hydrogen-bond acceptors (Lipinski definition) is 3. The van der Waals surface area contributed by atoms with Crippen LogP contribution in [0.2, 0.25) is 0 Å². The number of amides is 2. The standard InChI is InChI=1S/C18H24N2O3/c1-4-11(2)13-6-7-15-14(9-13)10-20(18(15)23)16(17(19)22)8-5-12(3)21/h6-7,9,11,16H,4-5,8,10H2,1-3H3,(H2,19,22). The largest absolute Gasteiger partial charge is 0.368 e. The van der Waals surface area contributed by atoms with Crippen LogP contribution < -0.4 is 5.73 Å². The molecule has 0 saturated heterocycles. The zero-order chi connectivity index (χ0) is 17.1. The van der Waals surface area contributed by atoms with Crippen molar-refractivity contribution < 1.29 is 14.4 Å². The molecule has 0 radical (unpaired) electrons. The van der Waals surface area contributed by atoms with E-state index >= 15 is 0 Å². The normalized spacial score (nSPS) is 16.1. The molecule has 0 saturated carbocycles. The Morgan fingerprint density at radius 1 is 1.35 bits per heavy atom. The average molecular weight is 316 g/mol. The molecule has 1 heterocycles. The first kappa shape index (κ1) is 17.2. The molecular weight excluding hydrogens is 292 g/mol. The number of rotatable bonds is 7. The summed E-state index contributed by atoms with van der Waals surface area (Å²) in [4.78, 5) is 37.0. The molecule has 0 spiro atoms. The Balaban J connectivity index is 2.24. The fraction of sp³-hybridized carbons (Fsp3) is 0.500. The molecule has 0 aliphatic carbocycles. The van der Waals surface area contributed by atoms with Gasteiger partial charge in [0.15, 0.2) is 0 Å². The molecule has 1 aromatic rings. The third-order valence-electron chi connectivity index (χ3n) is 4.62. The molecule has 5 nitrogen and oxygen atoms in total. The Hall–Kier alpha value is -2.17. The van der Waals surface area contributed by atoms with Crippen LogP contribution in [0.3, 0.4) is 0 Å². The van der Waals surface area contributed by atoms with Gasteiger partial charge in [0.2, 0.25) is 5.91 Å². The Kier molecular flexibility index (Phi) is 5.19. The highest BCUT2D eigenvalue weighted by Gasteiger charge is 2.35. The van der Waals surface area contributed by atoms with Crippen LogP contribution in [-0.2, 0) is 16.1 Å². The van der Waals surface area contributed by atoms with E-state index in [0.29, 0.717) is 18.0 Å². The highest BCUT2D eigenvalue weighted by Crippen LogP contribution is 2.29. The molecule has 1 aromatic carbocycles. The van der Waals surface area contributed by atoms with Gasteiger partial charge in [0.05, 0.1) is 0 Å². The summed E-state index contributed by atoms with van der Waals surface area (Å²) in [6.45, 7) is 6.12. The van der Waals surface area contributed by atoms with Gasteiger partial charge in [-0.1, -0.05) is 26.0 Å². The van der Waals surface area contributed by atoms with Gasteiger partial charge in [-0.2, -0.15) is 0 Å². The van der Waals surface area contributed by atoms with E-state index in [1.807, 2.05) is 18.2 Å². The zero-order valence-electron chi connectivity index (χ0n) is 14.0. The van der Waals surface area contributed by atoms with Crippen molar-refractivity contribution in [3.8, 4) is 0 Å². The SMILES string of the molecule is CCC(C)c1ccc2c(c1)CN(C(CCC(C)=O)C(N)=O)C2=O. The Morgan fingerprint density at radius 2 is 2.04 bits per heavy atom. The second kappa shape index (κ2) is 6.94. The van der Waals surface area contributed by atoms with E-state index in [2.05, 4.69) is 13.8 Å². The molecule has 1 aliphatic heterocycles. The fourth-order valence-electron chi connectivity index (χ4n) is 2.95. The predicted molar refractivity (Wildman–Crippen MR) is 87.9 cm³/mol. The van der Waals surface area contributed by atoms with E-state index in [9.17, 15) is 14.4 Å². The second-order valence-electron chi connectivity index (χ2n) is 6.32. The van der Waals surface area contributed by atoms with Crippen molar-refractivity contribution in [1.82, 2.24) is 4.90 Å². The second-order valence-corrected chi connectivity index (χ2v) is 6.32. The number of ketones is 1. The molecule has 0 bridgehead atoms. The Morgan fingerprint density at radius 3 is 2.61 bits per heavy atom. The summed E-state index contributed by atoms with van der Waals surface area (Å²) in [7, 11) is 0. The van der Waals surface area contributed by atoms with Crippen molar-refractivity contribution in [2.45, 2.75) is 58.5 Å². The molecule has 0 aromatic heterocycles. The number of carbonyl (C=O) groups is 3. The van der Waals surface area contributed by atoms with E-state index in [-0.39, 0.29) is 24.5 Å². The lowest BCUT2D eigenvalue weighted by Gasteiger charge is -2.24. The van der Waals surface area contributed by atoms with Crippen LogP contribution in [0.4, 0.5) is 0 Å². The lowest BCUT2D eigenvalue weighted by molar-refractivity contribution is -0.123. The first-order valence-corrected chi connectivity index (χ1v) is 8.07. The minimum absolute atomic E-state index is 0.0144. The number of carbonyl (C=O) groups excluding carboxylic acids is 3. The third kappa shape index (κ3) is 3.60. The number of primary amides is 1. The summed E-state index contributed by atoms with van der Waals surface area (Å²) < 4.78 is 0. The van der Waals surface area contributed by atoms with Crippen LogP contribution in [0.5, 0.6) is 0 Å². The first-order chi connectivity index (χ1) is 10.8. The molecule has 2 amide bonds. The number of nitrogens with two attached hydrogens (primary N) is 1. The van der Waals surface area contributed by atoms with Crippen LogP contribution >= 0.6 is 0 Å². The van der Waals surface area contributed by atoms with Gasteiger partial charge in [0.25, 0.3) is 5.91 Å². The quantitative estimate of drug-likeness (QED) is 0.838. The summed E-state index contributed by atoms with van der Waals surface area (Å²) in [5.74, 6) is -0.328. The molecule has 1 aliphatic rings. The van der Waals surface area contributed by atoms with Crippen LogP contribution in [0.15, 0.2) is 18.2 Å². The van der Waals surface area contributed by atoms with Crippen LogP contribution in [0, 0.1) is 0 Å². The van der Waals surface area contributed by atoms with Crippen molar-refractivity contribution in [2.24, 2.45) is 5.73 Å². The van der Waals surface area contributed by atoms with Gasteiger partial charge in [-0.3, -0.25) is 9.59 Å². The van der Waals surface area contributed by atoms with E-state index in [0.717, 1.165) is 12.0 Å². The zero-order valence-corrected chi connectivity index (χ0v) is 14.0. The molecule has 124 valence electrons.